The number of hydrogen-bond acceptors (Lipinski definition) is 8. The van der Waals surface area contributed by atoms with E-state index < -0.39 is 0 Å². The third-order valence-electron chi connectivity index (χ3n) is 8.59. The van der Waals surface area contributed by atoms with Gasteiger partial charge in [0, 0.05) is 49.8 Å². The summed E-state index contributed by atoms with van der Waals surface area (Å²) >= 11 is 0. The van der Waals surface area contributed by atoms with Crippen LogP contribution in [0.15, 0.2) is 41.2 Å². The van der Waals surface area contributed by atoms with Crippen molar-refractivity contribution in [2.75, 3.05) is 45.5 Å². The molecule has 38 heavy (non-hydrogen) atoms. The van der Waals surface area contributed by atoms with Crippen LogP contribution in [0.2, 0.25) is 0 Å². The Hall–Kier alpha value is -3.11. The predicted molar refractivity (Wildman–Crippen MR) is 149 cm³/mol. The Bertz CT molecular complexity index is 1290. The van der Waals surface area contributed by atoms with E-state index in [2.05, 4.69) is 43.2 Å². The molecule has 2 aliphatic carbocycles. The van der Waals surface area contributed by atoms with Gasteiger partial charge in [0.15, 0.2) is 5.65 Å². The van der Waals surface area contributed by atoms with Crippen molar-refractivity contribution in [3.63, 3.8) is 0 Å². The Labute approximate surface area is 223 Å². The lowest BCUT2D eigenvalue weighted by atomic mass is 9.90. The summed E-state index contributed by atoms with van der Waals surface area (Å²) in [5.74, 6) is 0.156. The Kier molecular flexibility index (Phi) is 7.25. The highest BCUT2D eigenvalue weighted by Gasteiger charge is 2.31. The number of aromatic nitrogens is 4. The summed E-state index contributed by atoms with van der Waals surface area (Å²) in [4.78, 5) is 18.3. The maximum absolute atomic E-state index is 15.2. The molecule has 0 bridgehead atoms. The second-order valence-corrected chi connectivity index (χ2v) is 11.0. The molecule has 3 N–H and O–H groups in total. The molecule has 0 aromatic carbocycles. The van der Waals surface area contributed by atoms with Gasteiger partial charge in [0.2, 0.25) is 0 Å². The van der Waals surface area contributed by atoms with Gasteiger partial charge in [-0.15, -0.1) is 0 Å². The van der Waals surface area contributed by atoms with Gasteiger partial charge in [-0.3, -0.25) is 9.89 Å². The van der Waals surface area contributed by atoms with Gasteiger partial charge in [0.25, 0.3) is 0 Å². The number of nitrogen functional groups attached to an aromatic ring is 1. The van der Waals surface area contributed by atoms with Crippen LogP contribution >= 0.6 is 0 Å². The summed E-state index contributed by atoms with van der Waals surface area (Å²) in [5, 5.41) is 9.04. The number of fused-ring (bicyclic) bond motifs is 1. The minimum Gasteiger partial charge on any atom is -0.383 e. The van der Waals surface area contributed by atoms with Crippen LogP contribution in [0.3, 0.4) is 0 Å². The largest absolute Gasteiger partial charge is 0.383 e. The van der Waals surface area contributed by atoms with E-state index in [-0.39, 0.29) is 11.9 Å². The molecule has 202 valence electrons. The molecule has 4 heterocycles. The maximum Gasteiger partial charge on any atom is 0.164 e. The molecule has 1 saturated heterocycles. The van der Waals surface area contributed by atoms with Crippen LogP contribution < -0.4 is 11.1 Å². The van der Waals surface area contributed by atoms with Gasteiger partial charge in [-0.1, -0.05) is 6.08 Å². The Morgan fingerprint density at radius 2 is 1.82 bits per heavy atom. The lowest BCUT2D eigenvalue weighted by Crippen LogP contribution is -2.49. The van der Waals surface area contributed by atoms with Gasteiger partial charge < -0.3 is 16.0 Å². The second kappa shape index (κ2) is 10.9. The third-order valence-corrected chi connectivity index (χ3v) is 8.59. The van der Waals surface area contributed by atoms with E-state index in [0.29, 0.717) is 36.9 Å². The zero-order valence-electron chi connectivity index (χ0n) is 22.2. The van der Waals surface area contributed by atoms with Crippen molar-refractivity contribution in [3.8, 4) is 0 Å². The van der Waals surface area contributed by atoms with Crippen molar-refractivity contribution in [1.82, 2.24) is 34.9 Å². The second-order valence-electron chi connectivity index (χ2n) is 11.0. The van der Waals surface area contributed by atoms with Gasteiger partial charge in [0.1, 0.15) is 23.7 Å². The van der Waals surface area contributed by atoms with Gasteiger partial charge in [-0.25, -0.2) is 19.0 Å². The number of rotatable bonds is 6. The minimum absolute atomic E-state index is 0.246. The molecule has 9 nitrogen and oxygen atoms in total. The van der Waals surface area contributed by atoms with Crippen LogP contribution in [0, 0.1) is 0 Å². The minimum atomic E-state index is -0.246. The zero-order chi connectivity index (χ0) is 26.1. The fraction of sp³-hybridized carbons (Fsp3) is 0.571. The molecule has 0 radical (unpaired) electrons. The zero-order valence-corrected chi connectivity index (χ0v) is 22.2. The Balaban J connectivity index is 1.21. The van der Waals surface area contributed by atoms with Crippen LogP contribution in [0.1, 0.15) is 63.1 Å². The van der Waals surface area contributed by atoms with E-state index >= 15 is 4.39 Å². The topological polar surface area (TPSA) is 100 Å². The number of anilines is 1. The molecular formula is C28H38FN9. The number of halogens is 1. The highest BCUT2D eigenvalue weighted by atomic mass is 19.1. The lowest BCUT2D eigenvalue weighted by molar-refractivity contribution is 0.0815. The molecule has 2 aliphatic heterocycles. The number of piperazine rings is 1. The molecule has 2 aromatic heterocycles. The molecular weight excluding hydrogens is 481 g/mol. The Morgan fingerprint density at radius 3 is 2.55 bits per heavy atom. The molecule has 4 aliphatic rings. The molecule has 6 rings (SSSR count). The van der Waals surface area contributed by atoms with E-state index in [1.807, 2.05) is 10.9 Å². The third kappa shape index (κ3) is 5.11. The van der Waals surface area contributed by atoms with Crippen molar-refractivity contribution in [3.05, 3.63) is 41.9 Å². The van der Waals surface area contributed by atoms with E-state index in [0.717, 1.165) is 92.7 Å². The molecule has 2 fully saturated rings. The van der Waals surface area contributed by atoms with Crippen LogP contribution in [0.25, 0.3) is 16.6 Å². The molecule has 0 amide bonds. The van der Waals surface area contributed by atoms with Crippen molar-refractivity contribution < 1.29 is 4.39 Å². The molecule has 0 atom stereocenters. The lowest BCUT2D eigenvalue weighted by Gasteiger charge is -2.41. The van der Waals surface area contributed by atoms with Gasteiger partial charge in [-0.2, -0.15) is 5.10 Å². The van der Waals surface area contributed by atoms with E-state index in [9.17, 15) is 0 Å². The van der Waals surface area contributed by atoms with Crippen molar-refractivity contribution in [2.45, 2.75) is 63.5 Å². The van der Waals surface area contributed by atoms with Crippen molar-refractivity contribution in [1.29, 1.82) is 0 Å². The number of nitrogens with one attached hydrogen (secondary N) is 1. The number of nitrogens with two attached hydrogens (primary N) is 1. The smallest absolute Gasteiger partial charge is 0.164 e. The van der Waals surface area contributed by atoms with Crippen molar-refractivity contribution in [2.24, 2.45) is 4.99 Å². The first kappa shape index (κ1) is 25.2. The summed E-state index contributed by atoms with van der Waals surface area (Å²) < 4.78 is 17.3. The number of hydrogen-bond donors (Lipinski definition) is 2. The fourth-order valence-electron chi connectivity index (χ4n) is 6.27. The normalized spacial score (nSPS) is 25.5. The number of aliphatic imine (C=N–C) groups is 1. The molecule has 1 saturated carbocycles. The number of allylic oxidation sites excluding steroid dienone is 5. The molecule has 0 unspecified atom stereocenters. The average molecular weight is 520 g/mol. The first-order valence-corrected chi connectivity index (χ1v) is 14.0. The van der Waals surface area contributed by atoms with E-state index in [1.165, 1.54) is 6.33 Å². The first-order chi connectivity index (χ1) is 18.6. The van der Waals surface area contributed by atoms with E-state index in [1.54, 1.807) is 6.08 Å². The first-order valence-electron chi connectivity index (χ1n) is 14.0. The van der Waals surface area contributed by atoms with Crippen LogP contribution in [0.5, 0.6) is 0 Å². The highest BCUT2D eigenvalue weighted by Crippen LogP contribution is 2.38. The highest BCUT2D eigenvalue weighted by molar-refractivity contribution is 5.96. The SMILES string of the molecule is CN1CCN(C2CCC(n3nc(C4=CC(F)=C(NCC5=NC=CCC5)CC4)c4c(N)ncnc43)CC2)CC1. The summed E-state index contributed by atoms with van der Waals surface area (Å²) in [6.07, 6.45) is 14.6. The Morgan fingerprint density at radius 1 is 1.03 bits per heavy atom. The van der Waals surface area contributed by atoms with E-state index in [4.69, 9.17) is 10.8 Å². The standard InChI is InChI=1S/C28H38FN9/c1-36-12-14-37(15-13-36)21-6-8-22(9-7-21)38-28-25(27(30)33-18-34-28)26(35-38)19-5-10-24(23(29)16-19)32-17-20-4-2-3-11-31-20/h3,11,16,18,21-22,32H,2,4-10,12-15,17H2,1H3,(H2,30,33,34). The molecule has 2 aromatic rings. The quantitative estimate of drug-likeness (QED) is 0.598. The number of likely N-dealkylation sites (N-methyl/N-ethyl adjacent to an activating group) is 1. The fourth-order valence-corrected chi connectivity index (χ4v) is 6.27. The van der Waals surface area contributed by atoms with Crippen molar-refractivity contribution >= 4 is 28.1 Å². The molecule has 10 heteroatoms. The summed E-state index contributed by atoms with van der Waals surface area (Å²) in [6, 6.07) is 0.902. The molecule has 0 spiro atoms. The summed E-state index contributed by atoms with van der Waals surface area (Å²) in [6.45, 7) is 5.17. The van der Waals surface area contributed by atoms with Gasteiger partial charge in [-0.05, 0) is 70.1 Å². The van der Waals surface area contributed by atoms with Crippen LogP contribution in [0.4, 0.5) is 10.2 Å². The predicted octanol–water partition coefficient (Wildman–Crippen LogP) is 3.84. The van der Waals surface area contributed by atoms with Crippen LogP contribution in [-0.4, -0.2) is 81.1 Å². The summed E-state index contributed by atoms with van der Waals surface area (Å²) in [7, 11) is 2.20. The van der Waals surface area contributed by atoms with Gasteiger partial charge >= 0.3 is 0 Å². The number of nitrogens with zero attached hydrogens (tertiary/aromatic N) is 7. The van der Waals surface area contributed by atoms with Crippen LogP contribution in [-0.2, 0) is 0 Å². The average Bonchev–Trinajstić information content (AvgIpc) is 3.34. The maximum atomic E-state index is 15.2. The van der Waals surface area contributed by atoms with Gasteiger partial charge in [0.05, 0.1) is 18.0 Å². The monoisotopic (exact) mass is 519 g/mol. The summed E-state index contributed by atoms with van der Waals surface area (Å²) in [5.41, 5.74) is 10.4.